The summed E-state index contributed by atoms with van der Waals surface area (Å²) in [6.07, 6.45) is -4.63. The monoisotopic (exact) mass is 585 g/mol. The summed E-state index contributed by atoms with van der Waals surface area (Å²) in [6, 6.07) is 7.94. The van der Waals surface area contributed by atoms with Gasteiger partial charge >= 0.3 is 6.18 Å². The Morgan fingerprint density at radius 2 is 1.85 bits per heavy atom. The molecule has 39 heavy (non-hydrogen) atoms. The summed E-state index contributed by atoms with van der Waals surface area (Å²) in [5, 5.41) is 20.4. The Labute approximate surface area is 233 Å². The number of piperazine rings is 1. The van der Waals surface area contributed by atoms with Crippen molar-refractivity contribution >= 4 is 34.3 Å². The molecule has 0 amide bonds. The van der Waals surface area contributed by atoms with Crippen LogP contribution in [0.1, 0.15) is 12.0 Å². The minimum Gasteiger partial charge on any atom is -0.496 e. The number of halogens is 4. The number of hydrogen-bond donors (Lipinski definition) is 3. The van der Waals surface area contributed by atoms with E-state index >= 15 is 0 Å². The average Bonchev–Trinajstić information content (AvgIpc) is 2.90. The molecule has 0 spiro atoms. The first-order valence-electron chi connectivity index (χ1n) is 12.6. The summed E-state index contributed by atoms with van der Waals surface area (Å²) in [4.78, 5) is 20.5. The predicted octanol–water partition coefficient (Wildman–Crippen LogP) is 4.33. The third-order valence-corrected chi connectivity index (χ3v) is 8.18. The van der Waals surface area contributed by atoms with Crippen LogP contribution in [-0.4, -0.2) is 89.8 Å². The van der Waals surface area contributed by atoms with Gasteiger partial charge in [0.1, 0.15) is 5.75 Å². The van der Waals surface area contributed by atoms with Gasteiger partial charge < -0.3 is 24.8 Å². The van der Waals surface area contributed by atoms with Gasteiger partial charge in [-0.05, 0) is 42.8 Å². The Hall–Kier alpha value is -2.28. The fourth-order valence-corrected chi connectivity index (χ4v) is 5.94. The van der Waals surface area contributed by atoms with Crippen molar-refractivity contribution in [2.24, 2.45) is 0 Å². The van der Waals surface area contributed by atoms with Crippen LogP contribution >= 0.6 is 23.4 Å². The summed E-state index contributed by atoms with van der Waals surface area (Å²) in [6.45, 7) is 4.61. The highest BCUT2D eigenvalue weighted by atomic mass is 35.5. The Morgan fingerprint density at radius 1 is 1.13 bits per heavy atom. The molecule has 3 N–H and O–H groups in total. The molecule has 2 heterocycles. The number of benzene rings is 2. The normalized spacial score (nSPS) is 16.1. The van der Waals surface area contributed by atoms with Gasteiger partial charge in [0.15, 0.2) is 0 Å². The molecule has 1 atom stereocenters. The average molecular weight is 586 g/mol. The molecule has 3 aromatic rings. The molecule has 1 aliphatic rings. The number of hydrogen-bond acceptors (Lipinski definition) is 7. The SMILES string of the molecule is COc1ccc(Cl)cc1-c1c(SCC(O)CN2CCN(CCCO)CC2)c(=O)[nH]c2ccc(C(F)(F)F)cc12. The third-order valence-electron chi connectivity index (χ3n) is 6.71. The highest BCUT2D eigenvalue weighted by Gasteiger charge is 2.31. The van der Waals surface area contributed by atoms with Crippen molar-refractivity contribution in [1.82, 2.24) is 14.8 Å². The predicted molar refractivity (Wildman–Crippen MR) is 148 cm³/mol. The van der Waals surface area contributed by atoms with Crippen LogP contribution in [0.25, 0.3) is 22.0 Å². The van der Waals surface area contributed by atoms with Gasteiger partial charge in [0, 0.05) is 78.7 Å². The third kappa shape index (κ3) is 7.27. The number of rotatable bonds is 10. The quantitative estimate of drug-likeness (QED) is 0.305. The maximum absolute atomic E-state index is 13.6. The Balaban J connectivity index is 1.64. The molecule has 4 rings (SSSR count). The van der Waals surface area contributed by atoms with Gasteiger partial charge in [-0.15, -0.1) is 11.8 Å². The van der Waals surface area contributed by atoms with Gasteiger partial charge in [-0.25, -0.2) is 0 Å². The molecule has 0 aliphatic carbocycles. The number of aromatic nitrogens is 1. The summed E-state index contributed by atoms with van der Waals surface area (Å²) in [5.41, 5.74) is -0.424. The molecule has 1 saturated heterocycles. The molecule has 1 aliphatic heterocycles. The van der Waals surface area contributed by atoms with Gasteiger partial charge in [0.05, 0.1) is 23.7 Å². The zero-order valence-electron chi connectivity index (χ0n) is 21.4. The van der Waals surface area contributed by atoms with E-state index in [1.54, 1.807) is 18.2 Å². The van der Waals surface area contributed by atoms with Gasteiger partial charge in [0.25, 0.3) is 5.56 Å². The molecule has 0 radical (unpaired) electrons. The largest absolute Gasteiger partial charge is 0.496 e. The van der Waals surface area contributed by atoms with Crippen LogP contribution in [0.3, 0.4) is 0 Å². The Bertz CT molecular complexity index is 1350. The number of fused-ring (bicyclic) bond motifs is 1. The first-order valence-corrected chi connectivity index (χ1v) is 13.9. The Kier molecular flexibility index (Phi) is 9.84. The number of alkyl halides is 3. The molecule has 7 nitrogen and oxygen atoms in total. The molecule has 2 aromatic carbocycles. The summed E-state index contributed by atoms with van der Waals surface area (Å²) < 4.78 is 46.4. The maximum atomic E-state index is 13.6. The molecule has 1 unspecified atom stereocenters. The maximum Gasteiger partial charge on any atom is 0.416 e. The minimum atomic E-state index is -4.58. The fourth-order valence-electron chi connectivity index (χ4n) is 4.75. The van der Waals surface area contributed by atoms with E-state index in [-0.39, 0.29) is 33.7 Å². The van der Waals surface area contributed by atoms with E-state index in [0.29, 0.717) is 22.9 Å². The standard InChI is InChI=1S/C27H31ClF3N3O4S/c1-38-23-6-4-18(28)14-21(23)24-20-13-17(27(29,30)31)3-5-22(20)32-26(37)25(24)39-16-19(36)15-34-10-8-33(9-11-34)7-2-12-35/h3-6,13-14,19,35-36H,2,7-12,15-16H2,1H3,(H,32,37). The second kappa shape index (κ2) is 12.9. The lowest BCUT2D eigenvalue weighted by atomic mass is 9.98. The van der Waals surface area contributed by atoms with Crippen molar-refractivity contribution in [3.63, 3.8) is 0 Å². The van der Waals surface area contributed by atoms with Gasteiger partial charge in [-0.2, -0.15) is 13.2 Å². The second-order valence-electron chi connectivity index (χ2n) is 9.45. The summed E-state index contributed by atoms with van der Waals surface area (Å²) in [5.74, 6) is 0.513. The number of methoxy groups -OCH3 is 1. The van der Waals surface area contributed by atoms with E-state index in [0.717, 1.165) is 63.0 Å². The zero-order valence-corrected chi connectivity index (χ0v) is 23.0. The minimum absolute atomic E-state index is 0.157. The molecule has 0 saturated carbocycles. The van der Waals surface area contributed by atoms with Crippen LogP contribution in [0.5, 0.6) is 5.75 Å². The highest BCUT2D eigenvalue weighted by Crippen LogP contribution is 2.42. The van der Waals surface area contributed by atoms with Crippen molar-refractivity contribution in [2.75, 3.05) is 58.7 Å². The zero-order chi connectivity index (χ0) is 28.2. The number of nitrogens with zero attached hydrogens (tertiary/aromatic N) is 2. The van der Waals surface area contributed by atoms with Crippen LogP contribution in [0.15, 0.2) is 46.1 Å². The van der Waals surface area contributed by atoms with E-state index in [4.69, 9.17) is 21.4 Å². The van der Waals surface area contributed by atoms with Crippen molar-refractivity contribution in [2.45, 2.75) is 23.6 Å². The highest BCUT2D eigenvalue weighted by molar-refractivity contribution is 7.99. The van der Waals surface area contributed by atoms with Crippen molar-refractivity contribution < 1.29 is 28.1 Å². The number of ether oxygens (including phenoxy) is 1. The number of aliphatic hydroxyl groups excluding tert-OH is 2. The number of pyridine rings is 1. The number of H-pyrrole nitrogens is 1. The molecular formula is C27H31ClF3N3O4S. The fraction of sp³-hybridized carbons (Fsp3) is 0.444. The lowest BCUT2D eigenvalue weighted by Crippen LogP contribution is -2.49. The van der Waals surface area contributed by atoms with Crippen LogP contribution in [0, 0.1) is 0 Å². The van der Waals surface area contributed by atoms with Crippen LogP contribution in [0.4, 0.5) is 13.2 Å². The molecule has 1 fully saturated rings. The number of β-amino-alcohol motifs (C(OH)–C–C–N with tert-alkyl or cyclic N) is 1. The van der Waals surface area contributed by atoms with Gasteiger partial charge in [-0.3, -0.25) is 9.69 Å². The Morgan fingerprint density at radius 3 is 2.51 bits per heavy atom. The van der Waals surface area contributed by atoms with E-state index in [2.05, 4.69) is 14.8 Å². The van der Waals surface area contributed by atoms with Crippen molar-refractivity contribution in [3.8, 4) is 16.9 Å². The number of nitrogens with one attached hydrogen (secondary N) is 1. The molecule has 12 heteroatoms. The molecule has 212 valence electrons. The van der Waals surface area contributed by atoms with Crippen LogP contribution in [-0.2, 0) is 6.18 Å². The summed E-state index contributed by atoms with van der Waals surface area (Å²) >= 11 is 7.35. The van der Waals surface area contributed by atoms with Gasteiger partial charge in [0.2, 0.25) is 0 Å². The van der Waals surface area contributed by atoms with E-state index < -0.39 is 23.4 Å². The number of thioether (sulfide) groups is 1. The first-order chi connectivity index (χ1) is 18.6. The molecular weight excluding hydrogens is 555 g/mol. The number of aromatic amines is 1. The lowest BCUT2D eigenvalue weighted by Gasteiger charge is -2.35. The van der Waals surface area contributed by atoms with E-state index in [9.17, 15) is 23.1 Å². The topological polar surface area (TPSA) is 89.0 Å². The van der Waals surface area contributed by atoms with Crippen molar-refractivity contribution in [3.05, 3.63) is 57.3 Å². The second-order valence-corrected chi connectivity index (χ2v) is 10.9. The molecule has 1 aromatic heterocycles. The van der Waals surface area contributed by atoms with Crippen LogP contribution < -0.4 is 10.3 Å². The number of aliphatic hydroxyl groups is 2. The lowest BCUT2D eigenvalue weighted by molar-refractivity contribution is -0.137. The van der Waals surface area contributed by atoms with E-state index in [1.165, 1.54) is 13.2 Å². The van der Waals surface area contributed by atoms with E-state index in [1.807, 2.05) is 0 Å². The first kappa shape index (κ1) is 29.7. The molecule has 0 bridgehead atoms. The smallest absolute Gasteiger partial charge is 0.416 e. The summed E-state index contributed by atoms with van der Waals surface area (Å²) in [7, 11) is 1.43. The van der Waals surface area contributed by atoms with Crippen molar-refractivity contribution in [1.29, 1.82) is 0 Å². The van der Waals surface area contributed by atoms with Crippen LogP contribution in [0.2, 0.25) is 5.02 Å². The van der Waals surface area contributed by atoms with Gasteiger partial charge in [-0.1, -0.05) is 11.6 Å².